The first kappa shape index (κ1) is 28.1. The summed E-state index contributed by atoms with van der Waals surface area (Å²) in [6.07, 6.45) is 1.04. The molecule has 40 heavy (non-hydrogen) atoms. The molecule has 1 N–H and O–H groups in total. The van der Waals surface area contributed by atoms with Gasteiger partial charge in [0.25, 0.3) is 5.91 Å². The molecule has 0 saturated carbocycles. The van der Waals surface area contributed by atoms with Gasteiger partial charge in [0.1, 0.15) is 12.0 Å². The number of aromatic nitrogens is 2. The second-order valence-corrected chi connectivity index (χ2v) is 13.2. The van der Waals surface area contributed by atoms with E-state index in [-0.39, 0.29) is 41.0 Å². The molecule has 1 aliphatic rings. The van der Waals surface area contributed by atoms with Gasteiger partial charge < -0.3 is 13.9 Å². The number of anilines is 1. The second-order valence-electron chi connectivity index (χ2n) is 8.10. The summed E-state index contributed by atoms with van der Waals surface area (Å²) in [6, 6.07) is 9.96. The lowest BCUT2D eigenvalue weighted by Gasteiger charge is -2.26. The van der Waals surface area contributed by atoms with Crippen LogP contribution in [-0.2, 0) is 20.5 Å². The Kier molecular flexibility index (Phi) is 8.72. The molecule has 1 aromatic carbocycles. The monoisotopic (exact) mass is 620 g/mol. The molecule has 0 bridgehead atoms. The van der Waals surface area contributed by atoms with E-state index in [0.717, 1.165) is 6.26 Å². The maximum absolute atomic E-state index is 12.7. The highest BCUT2D eigenvalue weighted by Gasteiger charge is 2.26. The fraction of sp³-hybridized carbons (Fsp3) is 0.208. The standard InChI is InChI=1S/C24H20N4O8S4/c29-18-12-16(14-38-24-27-26-23(39-24)25-21(30)20-2-1-11-37-20)35-13-19(18)36-22(31)15-3-5-17(6-4-15)40(32,33)28-7-9-34-10-8-28/h1-6,11-13H,7-10,14H2,(H,25,26,30). The molecule has 208 valence electrons. The molecule has 1 saturated heterocycles. The zero-order valence-corrected chi connectivity index (χ0v) is 23.7. The number of morpholine rings is 1. The number of carbonyl (C=O) groups is 2. The third-order valence-electron chi connectivity index (χ3n) is 5.46. The van der Waals surface area contributed by atoms with Gasteiger partial charge in [-0.2, -0.15) is 4.31 Å². The van der Waals surface area contributed by atoms with Crippen molar-refractivity contribution in [2.75, 3.05) is 31.6 Å². The van der Waals surface area contributed by atoms with E-state index >= 15 is 0 Å². The molecule has 0 unspecified atom stereocenters. The summed E-state index contributed by atoms with van der Waals surface area (Å²) in [5, 5.41) is 12.8. The van der Waals surface area contributed by atoms with Crippen molar-refractivity contribution in [1.82, 2.24) is 14.5 Å². The predicted molar refractivity (Wildman–Crippen MR) is 148 cm³/mol. The number of rotatable bonds is 9. The second kappa shape index (κ2) is 12.4. The molecule has 16 heteroatoms. The van der Waals surface area contributed by atoms with Crippen LogP contribution in [0.2, 0.25) is 0 Å². The van der Waals surface area contributed by atoms with Crippen LogP contribution in [0.15, 0.2) is 72.6 Å². The van der Waals surface area contributed by atoms with E-state index < -0.39 is 21.4 Å². The van der Waals surface area contributed by atoms with Crippen LogP contribution in [0.25, 0.3) is 0 Å². The number of nitrogens with zero attached hydrogens (tertiary/aromatic N) is 3. The Balaban J connectivity index is 1.16. The maximum atomic E-state index is 12.7. The molecule has 3 aromatic heterocycles. The number of nitrogens with one attached hydrogen (secondary N) is 1. The van der Waals surface area contributed by atoms with Crippen LogP contribution < -0.4 is 15.5 Å². The molecule has 12 nitrogen and oxygen atoms in total. The molecule has 0 atom stereocenters. The Hall–Kier alpha value is -3.41. The van der Waals surface area contributed by atoms with Crippen molar-refractivity contribution in [1.29, 1.82) is 0 Å². The van der Waals surface area contributed by atoms with Gasteiger partial charge >= 0.3 is 5.97 Å². The maximum Gasteiger partial charge on any atom is 0.343 e. The minimum Gasteiger partial charge on any atom is -0.464 e. The molecule has 1 fully saturated rings. The number of amides is 1. The summed E-state index contributed by atoms with van der Waals surface area (Å²) in [5.41, 5.74) is -0.499. The van der Waals surface area contributed by atoms with Crippen molar-refractivity contribution >= 4 is 61.5 Å². The summed E-state index contributed by atoms with van der Waals surface area (Å²) in [6.45, 7) is 1.16. The van der Waals surface area contributed by atoms with E-state index in [9.17, 15) is 22.8 Å². The first-order valence-corrected chi connectivity index (χ1v) is 15.7. The van der Waals surface area contributed by atoms with Crippen molar-refractivity contribution in [3.05, 3.63) is 80.5 Å². The topological polar surface area (TPSA) is 158 Å². The highest BCUT2D eigenvalue weighted by atomic mass is 32.2. The summed E-state index contributed by atoms with van der Waals surface area (Å²) < 4.78 is 43.2. The third kappa shape index (κ3) is 6.65. The van der Waals surface area contributed by atoms with Gasteiger partial charge in [0, 0.05) is 19.2 Å². The van der Waals surface area contributed by atoms with Crippen molar-refractivity contribution in [2.45, 2.75) is 15.0 Å². The number of hydrogen-bond acceptors (Lipinski definition) is 13. The predicted octanol–water partition coefficient (Wildman–Crippen LogP) is 3.34. The number of benzene rings is 1. The lowest BCUT2D eigenvalue weighted by molar-refractivity contribution is 0.0728. The zero-order chi connectivity index (χ0) is 28.1. The normalized spacial score (nSPS) is 14.1. The van der Waals surface area contributed by atoms with Crippen molar-refractivity contribution in [2.24, 2.45) is 0 Å². The molecule has 0 aliphatic carbocycles. The fourth-order valence-electron chi connectivity index (χ4n) is 3.46. The molecule has 1 amide bonds. The quantitative estimate of drug-likeness (QED) is 0.166. The van der Waals surface area contributed by atoms with Crippen LogP contribution >= 0.6 is 34.4 Å². The van der Waals surface area contributed by atoms with E-state index in [1.807, 2.05) is 0 Å². The summed E-state index contributed by atoms with van der Waals surface area (Å²) in [4.78, 5) is 37.8. The molecular formula is C24H20N4O8S4. The highest BCUT2D eigenvalue weighted by molar-refractivity contribution is 8.00. The van der Waals surface area contributed by atoms with E-state index in [1.165, 1.54) is 69.1 Å². The molecule has 4 aromatic rings. The Morgan fingerprint density at radius 1 is 1.12 bits per heavy atom. The average molecular weight is 621 g/mol. The Morgan fingerprint density at radius 2 is 1.90 bits per heavy atom. The minimum atomic E-state index is -3.71. The van der Waals surface area contributed by atoms with Crippen LogP contribution in [0, 0.1) is 0 Å². The molecule has 0 radical (unpaired) electrons. The summed E-state index contributed by atoms with van der Waals surface area (Å²) >= 11 is 3.75. The lowest BCUT2D eigenvalue weighted by Crippen LogP contribution is -2.40. The summed E-state index contributed by atoms with van der Waals surface area (Å²) in [7, 11) is -3.71. The number of hydrogen-bond donors (Lipinski definition) is 1. The molecule has 0 spiro atoms. The molecular weight excluding hydrogens is 601 g/mol. The van der Waals surface area contributed by atoms with Gasteiger partial charge in [-0.25, -0.2) is 13.2 Å². The highest BCUT2D eigenvalue weighted by Crippen LogP contribution is 2.29. The SMILES string of the molecule is O=C(Oc1coc(CSc2nnc(NC(=O)c3cccs3)s2)cc1=O)c1ccc(S(=O)(=O)N2CCOCC2)cc1. The molecule has 5 rings (SSSR count). The van der Waals surface area contributed by atoms with E-state index in [0.29, 0.717) is 33.3 Å². The van der Waals surface area contributed by atoms with Gasteiger partial charge in [0.15, 0.2) is 4.34 Å². The Morgan fingerprint density at radius 3 is 2.60 bits per heavy atom. The van der Waals surface area contributed by atoms with E-state index in [2.05, 4.69) is 15.5 Å². The van der Waals surface area contributed by atoms with Crippen LogP contribution in [0.5, 0.6) is 5.75 Å². The number of carbonyl (C=O) groups excluding carboxylic acids is 2. The first-order valence-electron chi connectivity index (χ1n) is 11.6. The van der Waals surface area contributed by atoms with Crippen LogP contribution in [-0.4, -0.2) is 61.1 Å². The van der Waals surface area contributed by atoms with Gasteiger partial charge in [-0.1, -0.05) is 29.2 Å². The number of ether oxygens (including phenoxy) is 2. The average Bonchev–Trinajstić information content (AvgIpc) is 3.66. The van der Waals surface area contributed by atoms with Crippen LogP contribution in [0.3, 0.4) is 0 Å². The largest absolute Gasteiger partial charge is 0.464 e. The smallest absolute Gasteiger partial charge is 0.343 e. The number of esters is 1. The first-order chi connectivity index (χ1) is 19.3. The van der Waals surface area contributed by atoms with Crippen LogP contribution in [0.1, 0.15) is 25.8 Å². The van der Waals surface area contributed by atoms with Gasteiger partial charge in [-0.05, 0) is 35.7 Å². The minimum absolute atomic E-state index is 0.0414. The molecule has 1 aliphatic heterocycles. The lowest BCUT2D eigenvalue weighted by atomic mass is 10.2. The van der Waals surface area contributed by atoms with E-state index in [1.54, 1.807) is 17.5 Å². The van der Waals surface area contributed by atoms with Crippen LogP contribution in [0.4, 0.5) is 5.13 Å². The molecule has 4 heterocycles. The number of thiophene rings is 1. The Bertz CT molecular complexity index is 1660. The fourth-order valence-corrected chi connectivity index (χ4v) is 7.13. The Labute approximate surface area is 240 Å². The van der Waals surface area contributed by atoms with Gasteiger partial charge in [-0.3, -0.25) is 14.9 Å². The van der Waals surface area contributed by atoms with Crippen molar-refractivity contribution in [3.8, 4) is 5.75 Å². The van der Waals surface area contributed by atoms with Gasteiger partial charge in [0.2, 0.25) is 26.3 Å². The van der Waals surface area contributed by atoms with Crippen molar-refractivity contribution in [3.63, 3.8) is 0 Å². The van der Waals surface area contributed by atoms with Crippen molar-refractivity contribution < 1.29 is 31.9 Å². The van der Waals surface area contributed by atoms with E-state index in [4.69, 9.17) is 13.9 Å². The van der Waals surface area contributed by atoms with Gasteiger partial charge in [0.05, 0.1) is 34.3 Å². The summed E-state index contributed by atoms with van der Waals surface area (Å²) in [5.74, 6) is -0.857. The number of sulfonamides is 1. The van der Waals surface area contributed by atoms with Gasteiger partial charge in [-0.15, -0.1) is 21.5 Å². The third-order valence-corrected chi connectivity index (χ3v) is 10.2. The number of thioether (sulfide) groups is 1. The zero-order valence-electron chi connectivity index (χ0n) is 20.5.